The Morgan fingerprint density at radius 3 is 2.63 bits per heavy atom. The Bertz CT molecular complexity index is 1650. The van der Waals surface area contributed by atoms with Crippen LogP contribution in [0.25, 0.3) is 11.8 Å². The third kappa shape index (κ3) is 3.85. The van der Waals surface area contributed by atoms with Crippen LogP contribution < -0.4 is 19.6 Å². The predicted molar refractivity (Wildman–Crippen MR) is 142 cm³/mol. The molecular weight excluding hydrogens is 476 g/mol. The number of nitrogens with zero attached hydrogens (tertiary/aromatic N) is 2. The maximum atomic E-state index is 13.8. The first-order valence-electron chi connectivity index (χ1n) is 11.7. The molecule has 3 aromatic carbocycles. The fourth-order valence-electron chi connectivity index (χ4n) is 4.97. The number of allylic oxidation sites excluding steroid dienone is 1. The Hall–Kier alpha value is -3.41. The molecule has 0 fully saturated rings. The molecule has 0 spiro atoms. The van der Waals surface area contributed by atoms with Gasteiger partial charge in [0.2, 0.25) is 0 Å². The van der Waals surface area contributed by atoms with E-state index in [4.69, 9.17) is 21.3 Å². The average molecular weight is 499 g/mol. The van der Waals surface area contributed by atoms with E-state index in [0.29, 0.717) is 21.0 Å². The van der Waals surface area contributed by atoms with E-state index in [1.54, 1.807) is 0 Å². The molecule has 174 valence electrons. The second kappa shape index (κ2) is 8.99. The topological polar surface area (TPSA) is 43.6 Å². The molecule has 1 aromatic heterocycles. The number of aromatic nitrogens is 1. The summed E-state index contributed by atoms with van der Waals surface area (Å²) in [4.78, 5) is 19.6. The molecule has 1 unspecified atom stereocenters. The largest absolute Gasteiger partial charge is 0.494 e. The Kier molecular flexibility index (Phi) is 5.67. The van der Waals surface area contributed by atoms with Crippen LogP contribution in [0.1, 0.15) is 41.6 Å². The lowest BCUT2D eigenvalue weighted by molar-refractivity contribution is 0.340. The minimum absolute atomic E-state index is 0.0436. The van der Waals surface area contributed by atoms with E-state index in [9.17, 15) is 4.79 Å². The van der Waals surface area contributed by atoms with E-state index in [1.165, 1.54) is 22.5 Å². The number of benzene rings is 3. The van der Waals surface area contributed by atoms with Gasteiger partial charge >= 0.3 is 0 Å². The van der Waals surface area contributed by atoms with Gasteiger partial charge in [0.1, 0.15) is 5.75 Å². The first-order valence-corrected chi connectivity index (χ1v) is 12.9. The van der Waals surface area contributed by atoms with Crippen LogP contribution in [0.15, 0.2) is 88.2 Å². The Balaban J connectivity index is 1.60. The average Bonchev–Trinajstić information content (AvgIpc) is 3.19. The third-order valence-corrected chi connectivity index (χ3v) is 7.90. The van der Waals surface area contributed by atoms with Gasteiger partial charge in [-0.2, -0.15) is 0 Å². The zero-order valence-corrected chi connectivity index (χ0v) is 20.8. The summed E-state index contributed by atoms with van der Waals surface area (Å²) in [6, 6.07) is 23.9. The van der Waals surface area contributed by atoms with Gasteiger partial charge in [0.15, 0.2) is 4.80 Å². The van der Waals surface area contributed by atoms with Gasteiger partial charge in [-0.1, -0.05) is 77.5 Å². The number of halogens is 1. The minimum Gasteiger partial charge on any atom is -0.494 e. The zero-order valence-electron chi connectivity index (χ0n) is 19.2. The zero-order chi connectivity index (χ0) is 23.9. The fraction of sp³-hybridized carbons (Fsp3) is 0.172. The number of hydrogen-bond donors (Lipinski definition) is 0. The second-order valence-corrected chi connectivity index (χ2v) is 10.1. The normalized spacial score (nSPS) is 16.9. The lowest BCUT2D eigenvalue weighted by Crippen LogP contribution is -2.38. The molecule has 2 heterocycles. The van der Waals surface area contributed by atoms with Crippen LogP contribution in [0, 0.1) is 0 Å². The van der Waals surface area contributed by atoms with Crippen molar-refractivity contribution in [2.24, 2.45) is 4.99 Å². The molecule has 4 aromatic rings. The Morgan fingerprint density at radius 2 is 1.83 bits per heavy atom. The van der Waals surface area contributed by atoms with E-state index in [0.717, 1.165) is 41.0 Å². The lowest BCUT2D eigenvalue weighted by atomic mass is 9.83. The van der Waals surface area contributed by atoms with Gasteiger partial charge in [-0.05, 0) is 66.3 Å². The van der Waals surface area contributed by atoms with Gasteiger partial charge in [0.05, 0.1) is 22.9 Å². The van der Waals surface area contributed by atoms with Crippen molar-refractivity contribution in [1.29, 1.82) is 0 Å². The molecular formula is C29H23ClN2O2S. The van der Waals surface area contributed by atoms with Crippen LogP contribution in [-0.2, 0) is 6.42 Å². The third-order valence-electron chi connectivity index (χ3n) is 6.57. The van der Waals surface area contributed by atoms with Crippen molar-refractivity contribution in [2.75, 3.05) is 6.61 Å². The smallest absolute Gasteiger partial charge is 0.271 e. The standard InChI is InChI=1S/C29H23ClN2O2S/c1-2-34-21-14-11-19(12-15-21)27-23-16-13-18-7-3-5-9-22(18)26(23)31-29-32(27)28(33)25(35-29)17-20-8-4-6-10-24(20)30/h3-12,14-15,17,27H,2,13,16H2,1H3. The molecule has 0 saturated heterocycles. The van der Waals surface area contributed by atoms with Gasteiger partial charge in [-0.3, -0.25) is 9.36 Å². The van der Waals surface area contributed by atoms with Crippen LogP contribution in [0.2, 0.25) is 5.02 Å². The van der Waals surface area contributed by atoms with Crippen LogP contribution >= 0.6 is 22.9 Å². The van der Waals surface area contributed by atoms with Gasteiger partial charge < -0.3 is 4.74 Å². The number of rotatable bonds is 4. The second-order valence-electron chi connectivity index (χ2n) is 8.64. The van der Waals surface area contributed by atoms with Gasteiger partial charge in [-0.15, -0.1) is 0 Å². The Morgan fingerprint density at radius 1 is 1.06 bits per heavy atom. The summed E-state index contributed by atoms with van der Waals surface area (Å²) in [6.07, 6.45) is 3.67. The monoisotopic (exact) mass is 498 g/mol. The first kappa shape index (κ1) is 22.1. The SMILES string of the molecule is CCOc1ccc(C2C3=C(N=c4sc(=Cc5ccccc5Cl)c(=O)n42)c2ccccc2CC3)cc1. The molecule has 1 aliphatic heterocycles. The van der Waals surface area contributed by atoms with Crippen molar-refractivity contribution in [3.8, 4) is 5.75 Å². The van der Waals surface area contributed by atoms with E-state index in [-0.39, 0.29) is 11.6 Å². The molecule has 0 radical (unpaired) electrons. The van der Waals surface area contributed by atoms with Gasteiger partial charge in [0, 0.05) is 10.6 Å². The van der Waals surface area contributed by atoms with Crippen molar-refractivity contribution in [1.82, 2.24) is 4.57 Å². The van der Waals surface area contributed by atoms with Crippen molar-refractivity contribution < 1.29 is 4.74 Å². The number of aryl methyl sites for hydroxylation is 1. The quantitative estimate of drug-likeness (QED) is 0.379. The molecule has 1 aliphatic carbocycles. The number of fused-ring (bicyclic) bond motifs is 3. The summed E-state index contributed by atoms with van der Waals surface area (Å²) in [7, 11) is 0. The molecule has 0 N–H and O–H groups in total. The van der Waals surface area contributed by atoms with Crippen LogP contribution in [-0.4, -0.2) is 11.2 Å². The number of ether oxygens (including phenoxy) is 1. The summed E-state index contributed by atoms with van der Waals surface area (Å²) < 4.78 is 8.14. The summed E-state index contributed by atoms with van der Waals surface area (Å²) in [6.45, 7) is 2.59. The van der Waals surface area contributed by atoms with Crippen molar-refractivity contribution in [3.05, 3.63) is 125 Å². The summed E-state index contributed by atoms with van der Waals surface area (Å²) in [5.74, 6) is 0.825. The lowest BCUT2D eigenvalue weighted by Gasteiger charge is -2.30. The molecule has 0 bridgehead atoms. The highest BCUT2D eigenvalue weighted by Gasteiger charge is 2.32. The number of thiazole rings is 1. The number of hydrogen-bond acceptors (Lipinski definition) is 4. The molecule has 35 heavy (non-hydrogen) atoms. The molecule has 4 nitrogen and oxygen atoms in total. The molecule has 6 heteroatoms. The summed E-state index contributed by atoms with van der Waals surface area (Å²) in [5, 5.41) is 0.620. The van der Waals surface area contributed by atoms with E-state index < -0.39 is 0 Å². The van der Waals surface area contributed by atoms with Gasteiger partial charge in [0.25, 0.3) is 5.56 Å². The van der Waals surface area contributed by atoms with Gasteiger partial charge in [-0.25, -0.2) is 4.99 Å². The first-order chi connectivity index (χ1) is 17.1. The van der Waals surface area contributed by atoms with Crippen LogP contribution in [0.3, 0.4) is 0 Å². The van der Waals surface area contributed by atoms with E-state index in [1.807, 2.05) is 54.0 Å². The highest BCUT2D eigenvalue weighted by Crippen LogP contribution is 2.41. The van der Waals surface area contributed by atoms with E-state index in [2.05, 4.69) is 36.4 Å². The van der Waals surface area contributed by atoms with E-state index >= 15 is 0 Å². The maximum absolute atomic E-state index is 13.8. The highest BCUT2D eigenvalue weighted by atomic mass is 35.5. The summed E-state index contributed by atoms with van der Waals surface area (Å²) in [5.41, 5.74) is 6.48. The van der Waals surface area contributed by atoms with Crippen LogP contribution in [0.5, 0.6) is 5.75 Å². The molecule has 2 aliphatic rings. The molecule has 0 saturated carbocycles. The molecule has 1 atom stereocenters. The fourth-order valence-corrected chi connectivity index (χ4v) is 6.15. The molecule has 6 rings (SSSR count). The predicted octanol–water partition coefficient (Wildman–Crippen LogP) is 5.37. The maximum Gasteiger partial charge on any atom is 0.271 e. The van der Waals surface area contributed by atoms with Crippen molar-refractivity contribution in [2.45, 2.75) is 25.8 Å². The molecule has 0 amide bonds. The van der Waals surface area contributed by atoms with Crippen LogP contribution in [0.4, 0.5) is 0 Å². The van der Waals surface area contributed by atoms with Crippen molar-refractivity contribution in [3.63, 3.8) is 0 Å². The van der Waals surface area contributed by atoms with Crippen molar-refractivity contribution >= 4 is 34.7 Å². The summed E-state index contributed by atoms with van der Waals surface area (Å²) >= 11 is 7.81. The minimum atomic E-state index is -0.210. The highest BCUT2D eigenvalue weighted by molar-refractivity contribution is 7.07. The Labute approximate surface area is 212 Å².